The molecule has 1 aromatic carbocycles. The topological polar surface area (TPSA) is 100 Å². The highest BCUT2D eigenvalue weighted by molar-refractivity contribution is 5.89. The first-order chi connectivity index (χ1) is 12.3. The predicted molar refractivity (Wildman–Crippen MR) is 91.2 cm³/mol. The van der Waals surface area contributed by atoms with Gasteiger partial charge in [0, 0.05) is 18.7 Å². The van der Waals surface area contributed by atoms with Crippen molar-refractivity contribution in [3.05, 3.63) is 41.3 Å². The lowest BCUT2D eigenvalue weighted by Crippen LogP contribution is -2.37. The number of hydrogen-bond donors (Lipinski definition) is 2. The number of urea groups is 1. The number of aliphatic carboxylic acids is 1. The molecule has 0 aliphatic carbocycles. The summed E-state index contributed by atoms with van der Waals surface area (Å²) < 4.78 is 15.3. The molecule has 1 aliphatic heterocycles. The van der Waals surface area contributed by atoms with E-state index >= 15 is 0 Å². The van der Waals surface area contributed by atoms with Gasteiger partial charge in [0.25, 0.3) is 0 Å². The maximum atomic E-state index is 13.8. The first-order valence-corrected chi connectivity index (χ1v) is 8.23. The number of aromatic nitrogens is 3. The van der Waals surface area contributed by atoms with Crippen LogP contribution >= 0.6 is 0 Å². The molecule has 0 radical (unpaired) electrons. The minimum Gasteiger partial charge on any atom is -0.481 e. The Hall–Kier alpha value is -2.97. The first kappa shape index (κ1) is 17.8. The first-order valence-electron chi connectivity index (χ1n) is 8.23. The number of hydrogen-bond acceptors (Lipinski definition) is 4. The minimum atomic E-state index is -0.936. The van der Waals surface area contributed by atoms with E-state index in [4.69, 9.17) is 0 Å². The molecule has 26 heavy (non-hydrogen) atoms. The lowest BCUT2D eigenvalue weighted by Gasteiger charge is -2.20. The zero-order valence-corrected chi connectivity index (χ0v) is 14.6. The molecule has 0 bridgehead atoms. The molecular formula is C17H20FN5O3. The Labute approximate surface area is 149 Å². The molecule has 0 spiro atoms. The van der Waals surface area contributed by atoms with Crippen molar-refractivity contribution < 1.29 is 19.1 Å². The number of benzene rings is 1. The van der Waals surface area contributed by atoms with Gasteiger partial charge < -0.3 is 10.0 Å². The summed E-state index contributed by atoms with van der Waals surface area (Å²) in [7, 11) is 0. The Morgan fingerprint density at radius 3 is 2.77 bits per heavy atom. The van der Waals surface area contributed by atoms with Gasteiger partial charge in [-0.1, -0.05) is 23.4 Å². The molecule has 0 saturated carbocycles. The average molecular weight is 361 g/mol. The predicted octanol–water partition coefficient (Wildman–Crippen LogP) is 2.10. The monoisotopic (exact) mass is 361 g/mol. The van der Waals surface area contributed by atoms with Crippen LogP contribution in [0.15, 0.2) is 24.3 Å². The SMILES string of the molecule is Cc1c(NC(=O)N2CCC(C)(C(=O)O)C2)nnn1Cc1ccccc1F. The van der Waals surface area contributed by atoms with Gasteiger partial charge in [-0.3, -0.25) is 10.1 Å². The van der Waals surface area contributed by atoms with Crippen LogP contribution in [0.25, 0.3) is 0 Å². The molecule has 1 aliphatic rings. The van der Waals surface area contributed by atoms with Gasteiger partial charge in [-0.2, -0.15) is 0 Å². The number of amides is 2. The van der Waals surface area contributed by atoms with Crippen LogP contribution in [0.3, 0.4) is 0 Å². The zero-order chi connectivity index (χ0) is 18.9. The number of likely N-dealkylation sites (tertiary alicyclic amines) is 1. The molecule has 2 N–H and O–H groups in total. The molecule has 8 nitrogen and oxygen atoms in total. The van der Waals surface area contributed by atoms with Crippen LogP contribution in [0.2, 0.25) is 0 Å². The Kier molecular flexibility index (Phi) is 4.62. The highest BCUT2D eigenvalue weighted by Crippen LogP contribution is 2.30. The third-order valence-corrected chi connectivity index (χ3v) is 4.76. The van der Waals surface area contributed by atoms with Crippen molar-refractivity contribution in [3.8, 4) is 0 Å². The largest absolute Gasteiger partial charge is 0.481 e. The molecular weight excluding hydrogens is 341 g/mol. The van der Waals surface area contributed by atoms with Crippen LogP contribution < -0.4 is 5.32 Å². The van der Waals surface area contributed by atoms with Gasteiger partial charge in [0.05, 0.1) is 17.7 Å². The standard InChI is InChI=1S/C17H20FN5O3/c1-11-14(19-16(26)22-8-7-17(2,10-22)15(24)25)20-21-23(11)9-12-5-3-4-6-13(12)18/h3-6H,7-10H2,1-2H3,(H,19,26)(H,24,25). The van der Waals surface area contributed by atoms with E-state index in [-0.39, 0.29) is 24.7 Å². The number of nitrogens with zero attached hydrogens (tertiary/aromatic N) is 4. The summed E-state index contributed by atoms with van der Waals surface area (Å²) in [6, 6.07) is 5.96. The van der Waals surface area contributed by atoms with E-state index in [1.54, 1.807) is 32.0 Å². The van der Waals surface area contributed by atoms with Crippen molar-refractivity contribution in [3.63, 3.8) is 0 Å². The molecule has 1 atom stereocenters. The second-order valence-corrected chi connectivity index (χ2v) is 6.74. The molecule has 2 heterocycles. The quantitative estimate of drug-likeness (QED) is 0.869. The summed E-state index contributed by atoms with van der Waals surface area (Å²) in [6.07, 6.45) is 0.398. The van der Waals surface area contributed by atoms with Gasteiger partial charge in [-0.15, -0.1) is 5.10 Å². The van der Waals surface area contributed by atoms with Crippen molar-refractivity contribution in [1.29, 1.82) is 0 Å². The summed E-state index contributed by atoms with van der Waals surface area (Å²) in [6.45, 7) is 4.04. The zero-order valence-electron chi connectivity index (χ0n) is 14.6. The van der Waals surface area contributed by atoms with Crippen LogP contribution in [0.1, 0.15) is 24.6 Å². The molecule has 2 amide bonds. The molecule has 1 aromatic heterocycles. The van der Waals surface area contributed by atoms with Crippen molar-refractivity contribution >= 4 is 17.8 Å². The van der Waals surface area contributed by atoms with Gasteiger partial charge in [0.1, 0.15) is 5.82 Å². The van der Waals surface area contributed by atoms with Crippen molar-refractivity contribution in [2.45, 2.75) is 26.8 Å². The molecule has 2 aromatic rings. The van der Waals surface area contributed by atoms with E-state index in [1.807, 2.05) is 0 Å². The van der Waals surface area contributed by atoms with Crippen molar-refractivity contribution in [2.75, 3.05) is 18.4 Å². The second-order valence-electron chi connectivity index (χ2n) is 6.74. The number of carboxylic acids is 1. The van der Waals surface area contributed by atoms with Crippen LogP contribution in [0, 0.1) is 18.2 Å². The molecule has 138 valence electrons. The fraction of sp³-hybridized carbons (Fsp3) is 0.412. The number of carbonyl (C=O) groups excluding carboxylic acids is 1. The minimum absolute atomic E-state index is 0.135. The van der Waals surface area contributed by atoms with E-state index in [0.717, 1.165) is 0 Å². The summed E-state index contributed by atoms with van der Waals surface area (Å²) in [4.78, 5) is 25.1. The highest BCUT2D eigenvalue weighted by atomic mass is 19.1. The molecule has 1 saturated heterocycles. The lowest BCUT2D eigenvalue weighted by atomic mass is 9.90. The van der Waals surface area contributed by atoms with E-state index in [9.17, 15) is 19.1 Å². The number of halogens is 1. The Balaban J connectivity index is 1.68. The molecule has 9 heteroatoms. The lowest BCUT2D eigenvalue weighted by molar-refractivity contribution is -0.146. The average Bonchev–Trinajstić information content (AvgIpc) is 3.16. The smallest absolute Gasteiger partial charge is 0.323 e. The van der Waals surface area contributed by atoms with Crippen molar-refractivity contribution in [1.82, 2.24) is 19.9 Å². The third kappa shape index (κ3) is 3.37. The van der Waals surface area contributed by atoms with Gasteiger partial charge >= 0.3 is 12.0 Å². The Morgan fingerprint density at radius 1 is 1.38 bits per heavy atom. The molecule has 3 rings (SSSR count). The van der Waals surface area contributed by atoms with Gasteiger partial charge in [0.2, 0.25) is 0 Å². The van der Waals surface area contributed by atoms with E-state index in [2.05, 4.69) is 15.6 Å². The van der Waals surface area contributed by atoms with Crippen molar-refractivity contribution in [2.24, 2.45) is 5.41 Å². The third-order valence-electron chi connectivity index (χ3n) is 4.76. The Morgan fingerprint density at radius 2 is 2.12 bits per heavy atom. The van der Waals surface area contributed by atoms with Crippen LogP contribution in [-0.2, 0) is 11.3 Å². The van der Waals surface area contributed by atoms with Crippen LogP contribution in [0.5, 0.6) is 0 Å². The van der Waals surface area contributed by atoms with Gasteiger partial charge in [0.15, 0.2) is 5.82 Å². The van der Waals surface area contributed by atoms with E-state index in [0.29, 0.717) is 24.2 Å². The normalized spacial score (nSPS) is 19.6. The van der Waals surface area contributed by atoms with Gasteiger partial charge in [-0.05, 0) is 26.3 Å². The summed E-state index contributed by atoms with van der Waals surface area (Å²) in [5.41, 5.74) is 0.117. The number of anilines is 1. The maximum absolute atomic E-state index is 13.8. The second kappa shape index (κ2) is 6.74. The molecule has 1 fully saturated rings. The summed E-state index contributed by atoms with van der Waals surface area (Å²) in [5.74, 6) is -0.979. The van der Waals surface area contributed by atoms with Crippen LogP contribution in [0.4, 0.5) is 15.0 Å². The summed E-state index contributed by atoms with van der Waals surface area (Å²) in [5, 5.41) is 19.8. The van der Waals surface area contributed by atoms with E-state index in [1.165, 1.54) is 15.6 Å². The maximum Gasteiger partial charge on any atom is 0.323 e. The Bertz CT molecular complexity index is 853. The number of rotatable bonds is 4. The highest BCUT2D eigenvalue weighted by Gasteiger charge is 2.42. The number of carboxylic acid groups (broad SMARTS) is 1. The summed E-state index contributed by atoms with van der Waals surface area (Å²) >= 11 is 0. The van der Waals surface area contributed by atoms with Gasteiger partial charge in [-0.25, -0.2) is 13.9 Å². The number of carbonyl (C=O) groups is 2. The fourth-order valence-corrected chi connectivity index (χ4v) is 2.90. The van der Waals surface area contributed by atoms with Crippen LogP contribution in [-0.4, -0.2) is 50.1 Å². The fourth-order valence-electron chi connectivity index (χ4n) is 2.90. The number of nitrogens with one attached hydrogen (secondary N) is 1. The molecule has 1 unspecified atom stereocenters. The van der Waals surface area contributed by atoms with E-state index < -0.39 is 17.4 Å².